The van der Waals surface area contributed by atoms with Gasteiger partial charge in [0.1, 0.15) is 11.8 Å². The summed E-state index contributed by atoms with van der Waals surface area (Å²) in [5, 5.41) is 9.05. The molecule has 5 heteroatoms. The lowest BCUT2D eigenvalue weighted by Crippen LogP contribution is -2.39. The summed E-state index contributed by atoms with van der Waals surface area (Å²) >= 11 is 0. The molecule has 0 spiro atoms. The monoisotopic (exact) mass is 273 g/mol. The number of hydrogen-bond donors (Lipinski definition) is 0. The average Bonchev–Trinajstić information content (AvgIpc) is 2.48. The normalized spacial score (nSPS) is 19.3. The van der Waals surface area contributed by atoms with Gasteiger partial charge in [0.25, 0.3) is 0 Å². The van der Waals surface area contributed by atoms with E-state index in [1.54, 1.807) is 6.20 Å². The molecule has 1 saturated heterocycles. The maximum Gasteiger partial charge on any atom is 0.310 e. The van der Waals surface area contributed by atoms with E-state index in [2.05, 4.69) is 16.0 Å². The first-order valence-corrected chi connectivity index (χ1v) is 6.97. The largest absolute Gasteiger partial charge is 0.466 e. The lowest BCUT2D eigenvalue weighted by molar-refractivity contribution is -0.150. The smallest absolute Gasteiger partial charge is 0.310 e. The van der Waals surface area contributed by atoms with Gasteiger partial charge in [0.2, 0.25) is 0 Å². The summed E-state index contributed by atoms with van der Waals surface area (Å²) in [5.74, 6) is -0.158. The Balaban J connectivity index is 1.99. The molecule has 0 N–H and O–H groups in total. The van der Waals surface area contributed by atoms with E-state index in [9.17, 15) is 4.79 Å². The van der Waals surface area contributed by atoms with Gasteiger partial charge in [0, 0.05) is 24.8 Å². The molecule has 20 heavy (non-hydrogen) atoms. The summed E-state index contributed by atoms with van der Waals surface area (Å²) in [4.78, 5) is 18.1. The van der Waals surface area contributed by atoms with E-state index in [-0.39, 0.29) is 11.9 Å². The third-order valence-electron chi connectivity index (χ3n) is 3.52. The van der Waals surface area contributed by atoms with Crippen LogP contribution in [0.5, 0.6) is 0 Å². The second kappa shape index (κ2) is 7.01. The van der Waals surface area contributed by atoms with E-state index in [1.165, 1.54) is 0 Å². The summed E-state index contributed by atoms with van der Waals surface area (Å²) in [6.07, 6.45) is 3.48. The molecule has 0 aliphatic carbocycles. The number of carbonyl (C=O) groups is 1. The third-order valence-corrected chi connectivity index (χ3v) is 3.52. The maximum absolute atomic E-state index is 11.8. The number of likely N-dealkylation sites (tertiary alicyclic amines) is 1. The van der Waals surface area contributed by atoms with Gasteiger partial charge in [0.05, 0.1) is 12.5 Å². The molecule has 106 valence electrons. The molecule has 1 aromatic rings. The Kier molecular flexibility index (Phi) is 5.08. The fraction of sp³-hybridized carbons (Fsp3) is 0.533. The number of nitriles is 1. The van der Waals surface area contributed by atoms with E-state index in [0.29, 0.717) is 25.4 Å². The summed E-state index contributed by atoms with van der Waals surface area (Å²) < 4.78 is 5.09. The molecule has 2 heterocycles. The minimum absolute atomic E-state index is 0.0501. The lowest BCUT2D eigenvalue weighted by Gasteiger charge is -2.31. The number of carbonyl (C=O) groups excluding carboxylic acids is 1. The van der Waals surface area contributed by atoms with E-state index >= 15 is 0 Å². The zero-order valence-electron chi connectivity index (χ0n) is 11.7. The van der Waals surface area contributed by atoms with Gasteiger partial charge in [-0.05, 0) is 32.4 Å². The predicted octanol–water partition coefficient (Wildman–Crippen LogP) is 1.73. The zero-order valence-corrected chi connectivity index (χ0v) is 11.7. The van der Waals surface area contributed by atoms with Gasteiger partial charge in [-0.1, -0.05) is 6.07 Å². The number of ether oxygens (including phenoxy) is 1. The molecule has 0 bridgehead atoms. The number of piperidine rings is 1. The van der Waals surface area contributed by atoms with Crippen molar-refractivity contribution < 1.29 is 9.53 Å². The van der Waals surface area contributed by atoms with Crippen molar-refractivity contribution in [1.82, 2.24) is 9.88 Å². The lowest BCUT2D eigenvalue weighted by atomic mass is 9.97. The van der Waals surface area contributed by atoms with E-state index in [0.717, 1.165) is 24.9 Å². The highest BCUT2D eigenvalue weighted by Crippen LogP contribution is 2.20. The predicted molar refractivity (Wildman–Crippen MR) is 73.6 cm³/mol. The number of pyridine rings is 1. The molecule has 1 aliphatic heterocycles. The number of nitrogens with zero attached hydrogens (tertiary/aromatic N) is 3. The molecular formula is C15H19N3O2. The van der Waals surface area contributed by atoms with Crippen molar-refractivity contribution in [1.29, 1.82) is 5.26 Å². The van der Waals surface area contributed by atoms with Crippen molar-refractivity contribution in [3.8, 4) is 6.07 Å². The standard InChI is InChI=1S/C15H19N3O2/c1-2-20-15(19)13-6-4-8-18(11-13)10-12-5-3-7-17-14(12)9-16/h3,5,7,13H,2,4,6,8,10-11H2,1H3/t13-/m0/s1. The molecule has 1 atom stereocenters. The van der Waals surface area contributed by atoms with Crippen molar-refractivity contribution in [2.24, 2.45) is 5.92 Å². The van der Waals surface area contributed by atoms with Gasteiger partial charge in [-0.15, -0.1) is 0 Å². The summed E-state index contributed by atoms with van der Waals surface area (Å²) in [6, 6.07) is 5.86. The Morgan fingerprint density at radius 2 is 2.50 bits per heavy atom. The first kappa shape index (κ1) is 14.5. The molecule has 0 radical (unpaired) electrons. The molecule has 5 nitrogen and oxygen atoms in total. The highest BCUT2D eigenvalue weighted by Gasteiger charge is 2.27. The summed E-state index contributed by atoms with van der Waals surface area (Å²) in [7, 11) is 0. The van der Waals surface area contributed by atoms with Crippen molar-refractivity contribution in [3.05, 3.63) is 29.6 Å². The van der Waals surface area contributed by atoms with Crippen LogP contribution in [0.15, 0.2) is 18.3 Å². The zero-order chi connectivity index (χ0) is 14.4. The minimum Gasteiger partial charge on any atom is -0.466 e. The van der Waals surface area contributed by atoms with Gasteiger partial charge in [-0.25, -0.2) is 4.98 Å². The van der Waals surface area contributed by atoms with Gasteiger partial charge in [-0.2, -0.15) is 5.26 Å². The highest BCUT2D eigenvalue weighted by atomic mass is 16.5. The van der Waals surface area contributed by atoms with Crippen molar-refractivity contribution in [2.45, 2.75) is 26.3 Å². The van der Waals surface area contributed by atoms with E-state index in [4.69, 9.17) is 10.00 Å². The summed E-state index contributed by atoms with van der Waals surface area (Å²) in [6.45, 7) is 4.55. The van der Waals surface area contributed by atoms with Crippen molar-refractivity contribution >= 4 is 5.97 Å². The van der Waals surface area contributed by atoms with Crippen molar-refractivity contribution in [3.63, 3.8) is 0 Å². The quantitative estimate of drug-likeness (QED) is 0.782. The van der Waals surface area contributed by atoms with Crippen LogP contribution < -0.4 is 0 Å². The van der Waals surface area contributed by atoms with Crippen LogP contribution in [0, 0.1) is 17.2 Å². The number of hydrogen-bond acceptors (Lipinski definition) is 5. The second-order valence-corrected chi connectivity index (χ2v) is 4.95. The van der Waals surface area contributed by atoms with Crippen LogP contribution in [-0.4, -0.2) is 35.5 Å². The molecule has 0 amide bonds. The number of esters is 1. The van der Waals surface area contributed by atoms with Crippen LogP contribution in [0.4, 0.5) is 0 Å². The van der Waals surface area contributed by atoms with E-state index in [1.807, 2.05) is 19.1 Å². The van der Waals surface area contributed by atoms with Crippen LogP contribution in [-0.2, 0) is 16.1 Å². The van der Waals surface area contributed by atoms with Crippen LogP contribution in [0.1, 0.15) is 31.0 Å². The van der Waals surface area contributed by atoms with Gasteiger partial charge < -0.3 is 4.74 Å². The minimum atomic E-state index is -0.108. The topological polar surface area (TPSA) is 66.2 Å². The Hall–Kier alpha value is -1.93. The van der Waals surface area contributed by atoms with Crippen molar-refractivity contribution in [2.75, 3.05) is 19.7 Å². The Bertz CT molecular complexity index is 510. The molecule has 1 aliphatic rings. The molecule has 0 unspecified atom stereocenters. The van der Waals surface area contributed by atoms with Crippen LogP contribution in [0.3, 0.4) is 0 Å². The fourth-order valence-electron chi connectivity index (χ4n) is 2.56. The Labute approximate surface area is 119 Å². The van der Waals surface area contributed by atoms with Crippen LogP contribution in [0.2, 0.25) is 0 Å². The molecular weight excluding hydrogens is 254 g/mol. The van der Waals surface area contributed by atoms with E-state index < -0.39 is 0 Å². The third kappa shape index (κ3) is 3.55. The first-order valence-electron chi connectivity index (χ1n) is 6.97. The molecule has 1 aromatic heterocycles. The average molecular weight is 273 g/mol. The molecule has 1 fully saturated rings. The van der Waals surface area contributed by atoms with Crippen LogP contribution in [0.25, 0.3) is 0 Å². The molecule has 2 rings (SSSR count). The van der Waals surface area contributed by atoms with Gasteiger partial charge in [0.15, 0.2) is 0 Å². The van der Waals surface area contributed by atoms with Gasteiger partial charge >= 0.3 is 5.97 Å². The molecule has 0 saturated carbocycles. The Morgan fingerprint density at radius 3 is 3.25 bits per heavy atom. The highest BCUT2D eigenvalue weighted by molar-refractivity contribution is 5.72. The van der Waals surface area contributed by atoms with Gasteiger partial charge in [-0.3, -0.25) is 9.69 Å². The number of aromatic nitrogens is 1. The SMILES string of the molecule is CCOC(=O)[C@H]1CCCN(Cc2cccnc2C#N)C1. The Morgan fingerprint density at radius 1 is 1.65 bits per heavy atom. The summed E-state index contributed by atoms with van der Waals surface area (Å²) in [5.41, 5.74) is 1.38. The maximum atomic E-state index is 11.8. The molecule has 0 aromatic carbocycles. The first-order chi connectivity index (χ1) is 9.74. The van der Waals surface area contributed by atoms with Crippen LogP contribution >= 0.6 is 0 Å². The fourth-order valence-corrected chi connectivity index (χ4v) is 2.56. The second-order valence-electron chi connectivity index (χ2n) is 4.95. The number of rotatable bonds is 4.